The van der Waals surface area contributed by atoms with Crippen LogP contribution in [0, 0.1) is 0 Å². The van der Waals surface area contributed by atoms with Gasteiger partial charge in [-0.2, -0.15) is 18.4 Å². The Kier molecular flexibility index (Phi) is 7.54. The van der Waals surface area contributed by atoms with Gasteiger partial charge in [0, 0.05) is 0 Å². The van der Waals surface area contributed by atoms with Gasteiger partial charge in [0.15, 0.2) is 6.23 Å². The summed E-state index contributed by atoms with van der Waals surface area (Å²) in [5.41, 5.74) is -5.71. The number of rotatable bonds is 9. The minimum absolute atomic E-state index is 0.134. The minimum atomic E-state index is -5.84. The number of halogens is 2. The van der Waals surface area contributed by atoms with Gasteiger partial charge in [0.25, 0.3) is 5.56 Å². The number of aliphatic hydroxyl groups excluding tert-OH is 1. The quantitative estimate of drug-likeness (QED) is 0.197. The maximum atomic E-state index is 14.9. The Morgan fingerprint density at radius 3 is 2.32 bits per heavy atom. The molecule has 1 aromatic rings. The van der Waals surface area contributed by atoms with Crippen molar-refractivity contribution < 1.29 is 65.0 Å². The molecule has 0 saturated carbocycles. The number of hydrogen-bond acceptors (Lipinski definition) is 11. The predicted octanol–water partition coefficient (Wildman–Crippen LogP) is -1.79. The van der Waals surface area contributed by atoms with Crippen molar-refractivity contribution in [3.63, 3.8) is 0 Å². The van der Waals surface area contributed by atoms with Crippen LogP contribution in [0.5, 0.6) is 0 Å². The number of hydrogen-bond donors (Lipinski definition) is 6. The Hall–Kier alpha value is -1.20. The molecule has 6 atom stereocenters. The lowest BCUT2D eigenvalue weighted by Crippen LogP contribution is -2.48. The van der Waals surface area contributed by atoms with Gasteiger partial charge in [-0.1, -0.05) is 0 Å². The first-order chi connectivity index (χ1) is 14.0. The van der Waals surface area contributed by atoms with Crippen molar-refractivity contribution in [2.24, 2.45) is 0 Å². The molecule has 1 aromatic heterocycles. The van der Waals surface area contributed by atoms with E-state index in [1.54, 1.807) is 4.98 Å². The number of nitrogens with zero attached hydrogens (tertiary/aromatic N) is 2. The van der Waals surface area contributed by atoms with E-state index in [4.69, 9.17) is 19.4 Å². The lowest BCUT2D eigenvalue weighted by atomic mass is 9.98. The molecule has 1 aliphatic heterocycles. The smallest absolute Gasteiger partial charge is 0.387 e. The molecular weight excluding hydrogens is 505 g/mol. The van der Waals surface area contributed by atoms with E-state index in [-0.39, 0.29) is 4.68 Å². The number of H-pyrrole nitrogens is 1. The molecule has 22 heteroatoms. The van der Waals surface area contributed by atoms with Crippen molar-refractivity contribution in [1.29, 1.82) is 0 Å². The molecule has 1 fully saturated rings. The lowest BCUT2D eigenvalue weighted by Gasteiger charge is -2.25. The van der Waals surface area contributed by atoms with Gasteiger partial charge in [0.2, 0.25) is 5.67 Å². The highest BCUT2D eigenvalue weighted by atomic mass is 31.3. The fraction of sp³-hybridized carbons (Fsp3) is 0.667. The summed E-state index contributed by atoms with van der Waals surface area (Å²) in [6.07, 6.45) is -6.24. The summed E-state index contributed by atoms with van der Waals surface area (Å²) in [6, 6.07) is 0. The maximum absolute atomic E-state index is 14.9. The fourth-order valence-corrected chi connectivity index (χ4v) is 5.37. The lowest BCUT2D eigenvalue weighted by molar-refractivity contribution is -0.0806. The number of aromatic nitrogens is 3. The second-order valence-corrected chi connectivity index (χ2v) is 10.2. The highest BCUT2D eigenvalue weighted by molar-refractivity contribution is 7.66. The summed E-state index contributed by atoms with van der Waals surface area (Å²) in [4.78, 5) is 59.7. The molecule has 1 saturated heterocycles. The summed E-state index contributed by atoms with van der Waals surface area (Å²) in [6.45, 7) is -3.29. The Morgan fingerprint density at radius 2 is 1.81 bits per heavy atom. The molecule has 31 heavy (non-hydrogen) atoms. The van der Waals surface area contributed by atoms with E-state index in [9.17, 15) is 42.1 Å². The van der Waals surface area contributed by atoms with Crippen LogP contribution in [0.1, 0.15) is 6.23 Å². The van der Waals surface area contributed by atoms with Crippen molar-refractivity contribution >= 4 is 23.5 Å². The number of aliphatic hydroxyl groups is 1. The second-order valence-electron chi connectivity index (χ2n) is 5.80. The van der Waals surface area contributed by atoms with Crippen LogP contribution in [0.25, 0.3) is 0 Å². The highest BCUT2D eigenvalue weighted by Gasteiger charge is 2.60. The minimum Gasteiger partial charge on any atom is -0.387 e. The molecule has 2 heterocycles. The summed E-state index contributed by atoms with van der Waals surface area (Å²) < 4.78 is 77.9. The van der Waals surface area contributed by atoms with Crippen molar-refractivity contribution in [3.05, 3.63) is 27.0 Å². The molecule has 0 aromatic carbocycles. The molecule has 3 unspecified atom stereocenters. The van der Waals surface area contributed by atoms with Crippen LogP contribution < -0.4 is 11.2 Å². The summed E-state index contributed by atoms with van der Waals surface area (Å²) in [5.74, 6) is 0. The first kappa shape index (κ1) is 26.1. The topological polar surface area (TPSA) is 257 Å². The summed E-state index contributed by atoms with van der Waals surface area (Å²) in [5, 5.41) is 13.2. The van der Waals surface area contributed by atoms with Gasteiger partial charge < -0.3 is 29.4 Å². The zero-order valence-corrected chi connectivity index (χ0v) is 17.3. The SMILES string of the molecule is O=c1cnn([C@@H]2O[C@H](COP(=O)(O)OP(=O)(O)OP(=O)(O)O)C(O)[C@]2(F)CF)c(=O)[nH]1. The van der Waals surface area contributed by atoms with Gasteiger partial charge in [-0.25, -0.2) is 27.3 Å². The zero-order chi connectivity index (χ0) is 23.8. The molecule has 0 bridgehead atoms. The third-order valence-electron chi connectivity index (χ3n) is 3.54. The zero-order valence-electron chi connectivity index (χ0n) is 14.6. The number of aromatic amines is 1. The van der Waals surface area contributed by atoms with Crippen molar-refractivity contribution in [2.75, 3.05) is 13.3 Å². The monoisotopic (exact) mass is 519 g/mol. The van der Waals surface area contributed by atoms with E-state index in [1.165, 1.54) is 0 Å². The van der Waals surface area contributed by atoms with Crippen LogP contribution in [0.4, 0.5) is 8.78 Å². The summed E-state index contributed by atoms with van der Waals surface area (Å²) in [7, 11) is -17.1. The van der Waals surface area contributed by atoms with E-state index in [0.717, 1.165) is 0 Å². The third-order valence-corrected chi connectivity index (χ3v) is 7.34. The highest BCUT2D eigenvalue weighted by Crippen LogP contribution is 2.66. The van der Waals surface area contributed by atoms with E-state index < -0.39 is 72.1 Å². The maximum Gasteiger partial charge on any atom is 0.490 e. The molecule has 0 aliphatic carbocycles. The number of nitrogens with one attached hydrogen (secondary N) is 1. The van der Waals surface area contributed by atoms with Crippen molar-refractivity contribution in [1.82, 2.24) is 14.8 Å². The van der Waals surface area contributed by atoms with Gasteiger partial charge in [-0.3, -0.25) is 14.3 Å². The van der Waals surface area contributed by atoms with E-state index in [1.807, 2.05) is 0 Å². The van der Waals surface area contributed by atoms with Gasteiger partial charge in [0.05, 0.1) is 6.61 Å². The third kappa shape index (κ3) is 6.41. The predicted molar refractivity (Wildman–Crippen MR) is 88.7 cm³/mol. The molecule has 0 spiro atoms. The van der Waals surface area contributed by atoms with Crippen LogP contribution in [-0.4, -0.2) is 70.6 Å². The average Bonchev–Trinajstić information content (AvgIpc) is 2.82. The molecule has 2 rings (SSSR count). The van der Waals surface area contributed by atoms with Crippen molar-refractivity contribution in [3.8, 4) is 0 Å². The second kappa shape index (κ2) is 8.97. The Labute approximate surface area is 168 Å². The van der Waals surface area contributed by atoms with E-state index in [0.29, 0.717) is 6.20 Å². The number of phosphoric acid groups is 3. The van der Waals surface area contributed by atoms with Gasteiger partial charge in [0.1, 0.15) is 25.1 Å². The van der Waals surface area contributed by atoms with Gasteiger partial charge >= 0.3 is 29.2 Å². The number of ether oxygens (including phenoxy) is 1. The Balaban J connectivity index is 2.18. The van der Waals surface area contributed by atoms with E-state index >= 15 is 0 Å². The van der Waals surface area contributed by atoms with Crippen LogP contribution >= 0.6 is 23.5 Å². The normalized spacial score (nSPS) is 30.6. The first-order valence-corrected chi connectivity index (χ1v) is 12.1. The van der Waals surface area contributed by atoms with Gasteiger partial charge in [-0.05, 0) is 0 Å². The van der Waals surface area contributed by atoms with Gasteiger partial charge in [-0.15, -0.1) is 0 Å². The Bertz CT molecular complexity index is 1070. The fourth-order valence-electron chi connectivity index (χ4n) is 2.34. The van der Waals surface area contributed by atoms with Crippen LogP contribution in [-0.2, 0) is 31.6 Å². The molecular formula is C9H14F2N3O14P3. The first-order valence-electron chi connectivity index (χ1n) is 7.54. The molecule has 1 aliphatic rings. The molecule has 0 radical (unpaired) electrons. The van der Waals surface area contributed by atoms with E-state index in [2.05, 4.69) is 18.2 Å². The molecule has 6 N–H and O–H groups in total. The summed E-state index contributed by atoms with van der Waals surface area (Å²) >= 11 is 0. The Morgan fingerprint density at radius 1 is 1.19 bits per heavy atom. The number of phosphoric ester groups is 1. The largest absolute Gasteiger partial charge is 0.490 e. The number of alkyl halides is 2. The standard InChI is InChI=1S/C9H14F2N3O14P3/c10-3-9(11)6(16)4(26-7(9)14-8(17)13-5(15)1-12-14)2-25-30(21,22)28-31(23,24)27-29(18,19)20/h1,4,6-7,16H,2-3H2,(H,21,22)(H,23,24)(H,13,15,17)(H2,18,19,20)/t4-,6?,7-,9-/m1/s1. The molecule has 17 nitrogen and oxygen atoms in total. The van der Waals surface area contributed by atoms with Crippen molar-refractivity contribution in [2.45, 2.75) is 24.1 Å². The van der Waals surface area contributed by atoms with Crippen LogP contribution in [0.2, 0.25) is 0 Å². The van der Waals surface area contributed by atoms with Crippen LogP contribution in [0.3, 0.4) is 0 Å². The molecule has 178 valence electrons. The molecule has 0 amide bonds. The van der Waals surface area contributed by atoms with Crippen LogP contribution in [0.15, 0.2) is 15.8 Å². The average molecular weight is 519 g/mol.